The van der Waals surface area contributed by atoms with Gasteiger partial charge in [-0.25, -0.2) is 0 Å². The third-order valence-electron chi connectivity index (χ3n) is 3.70. The molecule has 2 rings (SSSR count). The molecule has 0 saturated carbocycles. The van der Waals surface area contributed by atoms with E-state index in [1.165, 1.54) is 36.0 Å². The smallest absolute Gasteiger partial charge is 0.0481 e. The Morgan fingerprint density at radius 2 is 2.17 bits per heavy atom. The number of hydrogen-bond acceptors (Lipinski definition) is 3. The maximum atomic E-state index is 5.61. The molecule has 1 aromatic rings. The molecule has 1 unspecified atom stereocenters. The van der Waals surface area contributed by atoms with Crippen molar-refractivity contribution in [1.82, 2.24) is 5.43 Å². The van der Waals surface area contributed by atoms with Gasteiger partial charge in [-0.05, 0) is 55.7 Å². The van der Waals surface area contributed by atoms with E-state index < -0.39 is 0 Å². The summed E-state index contributed by atoms with van der Waals surface area (Å²) in [7, 11) is 0. The summed E-state index contributed by atoms with van der Waals surface area (Å²) in [5.41, 5.74) is 7.35. The average molecular weight is 248 g/mol. The first-order valence-electron chi connectivity index (χ1n) is 6.98. The van der Waals surface area contributed by atoms with E-state index in [1.54, 1.807) is 0 Å². The highest BCUT2D eigenvalue weighted by atomic mass is 16.5. The van der Waals surface area contributed by atoms with Gasteiger partial charge in [0, 0.05) is 19.3 Å². The highest BCUT2D eigenvalue weighted by Gasteiger charge is 2.13. The summed E-state index contributed by atoms with van der Waals surface area (Å²) in [6.07, 6.45) is 5.74. The number of rotatable bonds is 7. The van der Waals surface area contributed by atoms with E-state index in [2.05, 4.69) is 23.6 Å². The Hall–Kier alpha value is -0.900. The van der Waals surface area contributed by atoms with E-state index in [0.717, 1.165) is 26.1 Å². The minimum absolute atomic E-state index is 0.302. The normalized spacial score (nSPS) is 15.7. The molecule has 0 radical (unpaired) electrons. The molecule has 1 aromatic carbocycles. The number of fused-ring (bicyclic) bond motifs is 1. The average Bonchev–Trinajstić information content (AvgIpc) is 2.85. The molecule has 0 amide bonds. The van der Waals surface area contributed by atoms with Crippen molar-refractivity contribution in [2.45, 2.75) is 45.1 Å². The second-order valence-corrected chi connectivity index (χ2v) is 5.01. The van der Waals surface area contributed by atoms with Crippen LogP contribution >= 0.6 is 0 Å². The van der Waals surface area contributed by atoms with E-state index in [4.69, 9.17) is 10.6 Å². The van der Waals surface area contributed by atoms with Crippen molar-refractivity contribution in [2.75, 3.05) is 13.2 Å². The maximum Gasteiger partial charge on any atom is 0.0481 e. The van der Waals surface area contributed by atoms with Crippen LogP contribution in [0.25, 0.3) is 0 Å². The first-order chi connectivity index (χ1) is 8.83. The molecule has 0 spiro atoms. The van der Waals surface area contributed by atoms with Crippen LogP contribution in [0.2, 0.25) is 0 Å². The quantitative estimate of drug-likeness (QED) is 0.440. The Morgan fingerprint density at radius 3 is 2.94 bits per heavy atom. The highest BCUT2D eigenvalue weighted by Crippen LogP contribution is 2.23. The molecule has 18 heavy (non-hydrogen) atoms. The highest BCUT2D eigenvalue weighted by molar-refractivity contribution is 5.35. The lowest BCUT2D eigenvalue weighted by atomic mass is 10.00. The fourth-order valence-corrected chi connectivity index (χ4v) is 2.65. The topological polar surface area (TPSA) is 47.3 Å². The minimum atomic E-state index is 0.302. The third kappa shape index (κ3) is 3.55. The number of hydrazine groups is 1. The Balaban J connectivity index is 1.90. The molecule has 1 aliphatic rings. The Labute approximate surface area is 110 Å². The van der Waals surface area contributed by atoms with Crippen molar-refractivity contribution in [2.24, 2.45) is 5.84 Å². The first-order valence-corrected chi connectivity index (χ1v) is 6.98. The molecule has 3 N–H and O–H groups in total. The SMILES string of the molecule is CCOCCC(Cc1ccc2c(c1)CCC2)NN. The van der Waals surface area contributed by atoms with Crippen molar-refractivity contribution in [1.29, 1.82) is 0 Å². The van der Waals surface area contributed by atoms with Gasteiger partial charge in [-0.2, -0.15) is 0 Å². The fraction of sp³-hybridized carbons (Fsp3) is 0.600. The van der Waals surface area contributed by atoms with Crippen molar-refractivity contribution in [3.8, 4) is 0 Å². The second kappa shape index (κ2) is 6.88. The molecule has 3 nitrogen and oxygen atoms in total. The van der Waals surface area contributed by atoms with Gasteiger partial charge in [0.05, 0.1) is 0 Å². The van der Waals surface area contributed by atoms with Gasteiger partial charge in [0.2, 0.25) is 0 Å². The summed E-state index contributed by atoms with van der Waals surface area (Å²) in [6.45, 7) is 3.57. The number of ether oxygens (including phenoxy) is 1. The molecular formula is C15H24N2O. The van der Waals surface area contributed by atoms with Gasteiger partial charge >= 0.3 is 0 Å². The molecule has 0 fully saturated rings. The van der Waals surface area contributed by atoms with Crippen LogP contribution in [0.1, 0.15) is 36.5 Å². The number of nitrogens with one attached hydrogen (secondary N) is 1. The summed E-state index contributed by atoms with van der Waals surface area (Å²) >= 11 is 0. The summed E-state index contributed by atoms with van der Waals surface area (Å²) in [5, 5.41) is 0. The number of nitrogens with two attached hydrogens (primary N) is 1. The van der Waals surface area contributed by atoms with Crippen LogP contribution in [-0.4, -0.2) is 19.3 Å². The molecular weight excluding hydrogens is 224 g/mol. The zero-order chi connectivity index (χ0) is 12.8. The van der Waals surface area contributed by atoms with E-state index in [1.807, 2.05) is 6.92 Å². The minimum Gasteiger partial charge on any atom is -0.382 e. The molecule has 0 aromatic heterocycles. The lowest BCUT2D eigenvalue weighted by Crippen LogP contribution is -2.37. The monoisotopic (exact) mass is 248 g/mol. The molecule has 0 aliphatic heterocycles. The lowest BCUT2D eigenvalue weighted by molar-refractivity contribution is 0.136. The zero-order valence-electron chi connectivity index (χ0n) is 11.2. The van der Waals surface area contributed by atoms with E-state index >= 15 is 0 Å². The van der Waals surface area contributed by atoms with Crippen molar-refractivity contribution < 1.29 is 4.74 Å². The van der Waals surface area contributed by atoms with Gasteiger partial charge in [0.15, 0.2) is 0 Å². The van der Waals surface area contributed by atoms with E-state index in [9.17, 15) is 0 Å². The number of benzene rings is 1. The molecule has 0 bridgehead atoms. The molecule has 3 heteroatoms. The molecule has 1 atom stereocenters. The van der Waals surface area contributed by atoms with Gasteiger partial charge in [-0.15, -0.1) is 0 Å². The summed E-state index contributed by atoms with van der Waals surface area (Å²) in [6, 6.07) is 7.19. The second-order valence-electron chi connectivity index (χ2n) is 5.01. The third-order valence-corrected chi connectivity index (χ3v) is 3.70. The van der Waals surface area contributed by atoms with Crippen molar-refractivity contribution in [3.05, 3.63) is 34.9 Å². The fourth-order valence-electron chi connectivity index (χ4n) is 2.65. The van der Waals surface area contributed by atoms with Crippen LogP contribution in [0.15, 0.2) is 18.2 Å². The summed E-state index contributed by atoms with van der Waals surface area (Å²) < 4.78 is 5.38. The van der Waals surface area contributed by atoms with Crippen LogP contribution in [-0.2, 0) is 24.0 Å². The van der Waals surface area contributed by atoms with Crippen LogP contribution in [0, 0.1) is 0 Å². The van der Waals surface area contributed by atoms with Gasteiger partial charge in [-0.1, -0.05) is 18.2 Å². The molecule has 0 heterocycles. The lowest BCUT2D eigenvalue weighted by Gasteiger charge is -2.16. The largest absolute Gasteiger partial charge is 0.382 e. The van der Waals surface area contributed by atoms with E-state index in [0.29, 0.717) is 6.04 Å². The van der Waals surface area contributed by atoms with Crippen molar-refractivity contribution >= 4 is 0 Å². The van der Waals surface area contributed by atoms with Gasteiger partial charge in [0.25, 0.3) is 0 Å². The van der Waals surface area contributed by atoms with Gasteiger partial charge in [0.1, 0.15) is 0 Å². The van der Waals surface area contributed by atoms with Crippen LogP contribution < -0.4 is 11.3 Å². The molecule has 0 saturated heterocycles. The van der Waals surface area contributed by atoms with Crippen LogP contribution in [0.5, 0.6) is 0 Å². The number of hydrogen-bond donors (Lipinski definition) is 2. The predicted octanol–water partition coefficient (Wildman–Crippen LogP) is 1.98. The van der Waals surface area contributed by atoms with E-state index in [-0.39, 0.29) is 0 Å². The predicted molar refractivity (Wildman–Crippen MR) is 74.4 cm³/mol. The van der Waals surface area contributed by atoms with Crippen LogP contribution in [0.3, 0.4) is 0 Å². The molecule has 1 aliphatic carbocycles. The Bertz CT molecular complexity index is 379. The van der Waals surface area contributed by atoms with Crippen molar-refractivity contribution in [3.63, 3.8) is 0 Å². The maximum absolute atomic E-state index is 5.61. The standard InChI is InChI=1S/C15H24N2O/c1-2-18-9-8-15(17-16)11-12-6-7-13-4-3-5-14(13)10-12/h6-7,10,15,17H,2-5,8-9,11,16H2,1H3. The first kappa shape index (κ1) is 13.5. The molecule has 100 valence electrons. The summed E-state index contributed by atoms with van der Waals surface area (Å²) in [4.78, 5) is 0. The van der Waals surface area contributed by atoms with Gasteiger partial charge in [-0.3, -0.25) is 11.3 Å². The zero-order valence-corrected chi connectivity index (χ0v) is 11.2. The van der Waals surface area contributed by atoms with Gasteiger partial charge < -0.3 is 4.74 Å². The Kier molecular flexibility index (Phi) is 5.17. The number of aryl methyl sites for hydroxylation is 2. The Morgan fingerprint density at radius 1 is 1.33 bits per heavy atom. The van der Waals surface area contributed by atoms with Crippen LogP contribution in [0.4, 0.5) is 0 Å². The summed E-state index contributed by atoms with van der Waals surface area (Å²) in [5.74, 6) is 5.61.